The van der Waals surface area contributed by atoms with Gasteiger partial charge in [0.25, 0.3) is 0 Å². The fourth-order valence-corrected chi connectivity index (χ4v) is 0.721. The van der Waals surface area contributed by atoms with Crippen LogP contribution >= 0.6 is 0 Å². The van der Waals surface area contributed by atoms with Crippen LogP contribution < -0.4 is 0 Å². The van der Waals surface area contributed by atoms with Crippen molar-refractivity contribution in [2.45, 2.75) is 33.1 Å². The van der Waals surface area contributed by atoms with Crippen LogP contribution in [-0.2, 0) is 4.79 Å². The molecule has 0 aliphatic rings. The molecule has 0 spiro atoms. The molecule has 1 unspecified atom stereocenters. The van der Waals surface area contributed by atoms with E-state index in [1.54, 1.807) is 0 Å². The van der Waals surface area contributed by atoms with Crippen molar-refractivity contribution >= 4 is 6.29 Å². The Kier molecular flexibility index (Phi) is 6.14. The lowest BCUT2D eigenvalue weighted by Gasteiger charge is -1.99. The molecule has 57 valence electrons. The highest BCUT2D eigenvalue weighted by Crippen LogP contribution is 2.05. The molecule has 0 aromatic carbocycles. The summed E-state index contributed by atoms with van der Waals surface area (Å²) in [4.78, 5) is 9.90. The Morgan fingerprint density at radius 3 is 2.70 bits per heavy atom. The first-order valence-corrected chi connectivity index (χ1v) is 3.81. The molecule has 0 rings (SSSR count). The molecule has 0 aromatic rings. The fraction of sp³-hybridized carbons (Fsp3) is 0.667. The van der Waals surface area contributed by atoms with E-state index in [0.29, 0.717) is 12.3 Å². The van der Waals surface area contributed by atoms with Crippen molar-refractivity contribution in [2.24, 2.45) is 5.92 Å². The molecule has 1 radical (unpaired) electrons. The Labute approximate surface area is 63.1 Å². The predicted molar refractivity (Wildman–Crippen MR) is 43.5 cm³/mol. The molecule has 10 heavy (non-hydrogen) atoms. The van der Waals surface area contributed by atoms with Crippen molar-refractivity contribution in [3.8, 4) is 0 Å². The topological polar surface area (TPSA) is 17.1 Å². The van der Waals surface area contributed by atoms with Crippen molar-refractivity contribution in [2.75, 3.05) is 0 Å². The van der Waals surface area contributed by atoms with E-state index in [-0.39, 0.29) is 0 Å². The van der Waals surface area contributed by atoms with Crippen molar-refractivity contribution in [1.29, 1.82) is 0 Å². The SMILES string of the molecule is CC/C=C/CC(C)C[C]=O. The molecule has 0 heterocycles. The summed E-state index contributed by atoms with van der Waals surface area (Å²) in [7, 11) is 0. The molecule has 1 atom stereocenters. The van der Waals surface area contributed by atoms with E-state index < -0.39 is 0 Å². The van der Waals surface area contributed by atoms with E-state index >= 15 is 0 Å². The third-order valence-corrected chi connectivity index (χ3v) is 1.37. The molecule has 0 aliphatic carbocycles. The molecular weight excluding hydrogens is 124 g/mol. The van der Waals surface area contributed by atoms with Crippen LogP contribution in [0.15, 0.2) is 12.2 Å². The van der Waals surface area contributed by atoms with E-state index in [9.17, 15) is 4.79 Å². The second-order valence-electron chi connectivity index (χ2n) is 2.57. The summed E-state index contributed by atoms with van der Waals surface area (Å²) < 4.78 is 0. The first-order valence-electron chi connectivity index (χ1n) is 3.81. The Hall–Kier alpha value is -0.590. The van der Waals surface area contributed by atoms with E-state index in [4.69, 9.17) is 0 Å². The zero-order chi connectivity index (χ0) is 7.82. The van der Waals surface area contributed by atoms with Gasteiger partial charge in [-0.25, -0.2) is 0 Å². The zero-order valence-corrected chi connectivity index (χ0v) is 6.76. The number of hydrogen-bond donors (Lipinski definition) is 0. The molecule has 0 aliphatic heterocycles. The van der Waals surface area contributed by atoms with Crippen molar-refractivity contribution < 1.29 is 4.79 Å². The highest BCUT2D eigenvalue weighted by Gasteiger charge is 1.96. The monoisotopic (exact) mass is 139 g/mol. The predicted octanol–water partition coefficient (Wildman–Crippen LogP) is 2.48. The van der Waals surface area contributed by atoms with Crippen molar-refractivity contribution in [3.05, 3.63) is 12.2 Å². The first kappa shape index (κ1) is 9.41. The van der Waals surface area contributed by atoms with E-state index in [2.05, 4.69) is 26.0 Å². The van der Waals surface area contributed by atoms with Crippen molar-refractivity contribution in [3.63, 3.8) is 0 Å². The van der Waals surface area contributed by atoms with Crippen LogP contribution in [0.25, 0.3) is 0 Å². The molecule has 0 saturated heterocycles. The second-order valence-corrected chi connectivity index (χ2v) is 2.57. The standard InChI is InChI=1S/C9H15O/c1-3-4-5-6-9(2)7-8-10/h4-5,9H,3,6-7H2,1-2H3/b5-4+. The van der Waals surface area contributed by atoms with Crippen LogP contribution in [0, 0.1) is 5.92 Å². The van der Waals surface area contributed by atoms with Gasteiger partial charge in [0, 0.05) is 6.42 Å². The minimum Gasteiger partial charge on any atom is -0.291 e. The highest BCUT2D eigenvalue weighted by atomic mass is 16.1. The average molecular weight is 139 g/mol. The molecule has 0 N–H and O–H groups in total. The Bertz CT molecular complexity index is 105. The largest absolute Gasteiger partial charge is 0.291 e. The van der Waals surface area contributed by atoms with Gasteiger partial charge >= 0.3 is 0 Å². The first-order chi connectivity index (χ1) is 4.81. The van der Waals surface area contributed by atoms with E-state index in [1.807, 2.05) is 6.29 Å². The maximum absolute atomic E-state index is 9.90. The number of hydrogen-bond acceptors (Lipinski definition) is 1. The number of rotatable bonds is 5. The molecule has 1 nitrogen and oxygen atoms in total. The van der Waals surface area contributed by atoms with Gasteiger partial charge in [-0.2, -0.15) is 0 Å². The minimum atomic E-state index is 0.459. The third kappa shape index (κ3) is 5.54. The quantitative estimate of drug-likeness (QED) is 0.535. The molecule has 0 aromatic heterocycles. The number of allylic oxidation sites excluding steroid dienone is 2. The van der Waals surface area contributed by atoms with E-state index in [0.717, 1.165) is 12.8 Å². The molecule has 1 heteroatoms. The zero-order valence-electron chi connectivity index (χ0n) is 6.76. The third-order valence-electron chi connectivity index (χ3n) is 1.37. The summed E-state index contributed by atoms with van der Waals surface area (Å²) in [5, 5.41) is 0. The van der Waals surface area contributed by atoms with Gasteiger partial charge in [-0.1, -0.05) is 26.0 Å². The lowest BCUT2D eigenvalue weighted by Crippen LogP contribution is -1.92. The van der Waals surface area contributed by atoms with Crippen LogP contribution in [0.5, 0.6) is 0 Å². The average Bonchev–Trinajstić information content (AvgIpc) is 1.89. The normalized spacial score (nSPS) is 13.8. The number of carbonyl (C=O) groups excluding carboxylic acids is 1. The van der Waals surface area contributed by atoms with Crippen LogP contribution in [0.1, 0.15) is 33.1 Å². The highest BCUT2D eigenvalue weighted by molar-refractivity contribution is 5.50. The molecule has 0 saturated carbocycles. The summed E-state index contributed by atoms with van der Waals surface area (Å²) >= 11 is 0. The van der Waals surface area contributed by atoms with Gasteiger partial charge in [-0.15, -0.1) is 0 Å². The summed E-state index contributed by atoms with van der Waals surface area (Å²) in [6.07, 6.45) is 8.81. The molecule has 0 amide bonds. The molecule has 0 fully saturated rings. The Morgan fingerprint density at radius 2 is 2.20 bits per heavy atom. The Morgan fingerprint density at radius 1 is 1.50 bits per heavy atom. The van der Waals surface area contributed by atoms with E-state index in [1.165, 1.54) is 0 Å². The van der Waals surface area contributed by atoms with Gasteiger partial charge in [0.15, 0.2) is 6.29 Å². The van der Waals surface area contributed by atoms with Gasteiger partial charge in [-0.3, -0.25) is 4.79 Å². The molecular formula is C9H15O. The van der Waals surface area contributed by atoms with Crippen molar-refractivity contribution in [1.82, 2.24) is 0 Å². The fourth-order valence-electron chi connectivity index (χ4n) is 0.721. The van der Waals surface area contributed by atoms with Gasteiger partial charge in [0.2, 0.25) is 0 Å². The van der Waals surface area contributed by atoms with Crippen LogP contribution in [0.4, 0.5) is 0 Å². The molecule has 0 bridgehead atoms. The van der Waals surface area contributed by atoms with Crippen LogP contribution in [0.2, 0.25) is 0 Å². The smallest absolute Gasteiger partial charge is 0.198 e. The summed E-state index contributed by atoms with van der Waals surface area (Å²) in [6, 6.07) is 0. The van der Waals surface area contributed by atoms with Gasteiger partial charge in [-0.05, 0) is 18.8 Å². The summed E-state index contributed by atoms with van der Waals surface area (Å²) in [5.41, 5.74) is 0. The van der Waals surface area contributed by atoms with Gasteiger partial charge in [0.05, 0.1) is 0 Å². The Balaban J connectivity index is 3.28. The summed E-state index contributed by atoms with van der Waals surface area (Å²) in [5.74, 6) is 0.459. The minimum absolute atomic E-state index is 0.459. The van der Waals surface area contributed by atoms with Gasteiger partial charge in [0.1, 0.15) is 0 Å². The van der Waals surface area contributed by atoms with Crippen LogP contribution in [-0.4, -0.2) is 6.29 Å². The van der Waals surface area contributed by atoms with Gasteiger partial charge < -0.3 is 0 Å². The maximum Gasteiger partial charge on any atom is 0.198 e. The van der Waals surface area contributed by atoms with Crippen LogP contribution in [0.3, 0.4) is 0 Å². The lowest BCUT2D eigenvalue weighted by atomic mass is 10.0. The maximum atomic E-state index is 9.90. The second kappa shape index (κ2) is 6.53. The lowest BCUT2D eigenvalue weighted by molar-refractivity contribution is 0.524. The summed E-state index contributed by atoms with van der Waals surface area (Å²) in [6.45, 7) is 4.16.